The summed E-state index contributed by atoms with van der Waals surface area (Å²) in [6.45, 7) is 11.2. The topological polar surface area (TPSA) is 15.3 Å². The number of hydrogen-bond acceptors (Lipinski definition) is 3. The van der Waals surface area contributed by atoms with Crippen LogP contribution >= 0.6 is 11.3 Å². The molecule has 2 nitrogen and oxygen atoms in total. The predicted octanol–water partition coefficient (Wildman–Crippen LogP) is 4.56. The summed E-state index contributed by atoms with van der Waals surface area (Å²) in [6.07, 6.45) is 1.23. The Hall–Kier alpha value is -1.16. The maximum atomic E-state index is 3.53. The van der Waals surface area contributed by atoms with E-state index in [9.17, 15) is 0 Å². The average Bonchev–Trinajstić information content (AvgIpc) is 2.80. The Morgan fingerprint density at radius 2 is 1.70 bits per heavy atom. The quantitative estimate of drug-likeness (QED) is 0.885. The summed E-state index contributed by atoms with van der Waals surface area (Å²) in [5.41, 5.74) is 2.85. The molecule has 3 heteroatoms. The molecule has 1 unspecified atom stereocenters. The molecule has 1 aromatic carbocycles. The van der Waals surface area contributed by atoms with Crippen LogP contribution in [0.2, 0.25) is 0 Å². The molecule has 0 spiro atoms. The van der Waals surface area contributed by atoms with Crippen molar-refractivity contribution in [2.45, 2.75) is 39.2 Å². The van der Waals surface area contributed by atoms with E-state index in [4.69, 9.17) is 0 Å². The van der Waals surface area contributed by atoms with Gasteiger partial charge in [-0.1, -0.05) is 38.1 Å². The molecular formula is C20H28N2S. The van der Waals surface area contributed by atoms with Crippen molar-refractivity contribution in [3.63, 3.8) is 0 Å². The lowest BCUT2D eigenvalue weighted by molar-refractivity contribution is 0.244. The van der Waals surface area contributed by atoms with E-state index in [1.54, 1.807) is 0 Å². The van der Waals surface area contributed by atoms with Crippen molar-refractivity contribution in [1.29, 1.82) is 0 Å². The van der Waals surface area contributed by atoms with Gasteiger partial charge >= 0.3 is 0 Å². The molecule has 0 amide bonds. The van der Waals surface area contributed by atoms with Crippen LogP contribution in [0.1, 0.15) is 53.1 Å². The first-order valence-corrected chi connectivity index (χ1v) is 9.58. The Morgan fingerprint density at radius 3 is 2.35 bits per heavy atom. The van der Waals surface area contributed by atoms with E-state index >= 15 is 0 Å². The molecule has 1 saturated heterocycles. The molecule has 2 aromatic rings. The van der Waals surface area contributed by atoms with E-state index < -0.39 is 0 Å². The summed E-state index contributed by atoms with van der Waals surface area (Å²) in [5.74, 6) is 0.592. The second-order valence-electron chi connectivity index (χ2n) is 6.81. The van der Waals surface area contributed by atoms with Crippen LogP contribution in [-0.4, -0.2) is 31.1 Å². The Balaban J connectivity index is 1.93. The van der Waals surface area contributed by atoms with Gasteiger partial charge in [-0.2, -0.15) is 0 Å². The molecule has 0 aliphatic carbocycles. The normalized spacial score (nSPS) is 18.1. The first-order valence-electron chi connectivity index (χ1n) is 8.76. The van der Waals surface area contributed by atoms with Crippen molar-refractivity contribution in [3.05, 3.63) is 57.3 Å². The maximum Gasteiger partial charge on any atom is 0.0696 e. The highest BCUT2D eigenvalue weighted by Gasteiger charge is 2.24. The number of rotatable bonds is 4. The van der Waals surface area contributed by atoms with Crippen molar-refractivity contribution in [2.75, 3.05) is 26.2 Å². The molecule has 1 atom stereocenters. The van der Waals surface area contributed by atoms with E-state index in [2.05, 4.69) is 67.4 Å². The highest BCUT2D eigenvalue weighted by Crippen LogP contribution is 2.34. The van der Waals surface area contributed by atoms with E-state index in [1.807, 2.05) is 11.3 Å². The molecule has 1 fully saturated rings. The number of hydrogen-bond donors (Lipinski definition) is 1. The van der Waals surface area contributed by atoms with E-state index in [1.165, 1.54) is 33.8 Å². The zero-order valence-corrected chi connectivity index (χ0v) is 15.3. The Morgan fingerprint density at radius 1 is 0.957 bits per heavy atom. The molecule has 2 heterocycles. The van der Waals surface area contributed by atoms with Crippen LogP contribution in [0, 0.1) is 6.92 Å². The summed E-state index contributed by atoms with van der Waals surface area (Å²) in [4.78, 5) is 5.52. The van der Waals surface area contributed by atoms with Crippen LogP contribution in [0.25, 0.3) is 0 Å². The van der Waals surface area contributed by atoms with Crippen LogP contribution in [0.5, 0.6) is 0 Å². The summed E-state index contributed by atoms with van der Waals surface area (Å²) < 4.78 is 0. The second kappa shape index (κ2) is 7.61. The molecule has 0 radical (unpaired) electrons. The largest absolute Gasteiger partial charge is 0.315 e. The van der Waals surface area contributed by atoms with Gasteiger partial charge in [-0.3, -0.25) is 4.90 Å². The first-order chi connectivity index (χ1) is 11.1. The molecule has 1 aliphatic heterocycles. The molecule has 3 rings (SSSR count). The monoisotopic (exact) mass is 328 g/mol. The van der Waals surface area contributed by atoms with Crippen molar-refractivity contribution in [2.24, 2.45) is 0 Å². The molecule has 1 aromatic heterocycles. The van der Waals surface area contributed by atoms with Gasteiger partial charge in [-0.25, -0.2) is 0 Å². The minimum absolute atomic E-state index is 0.398. The van der Waals surface area contributed by atoms with E-state index in [0.717, 1.165) is 19.6 Å². The highest BCUT2D eigenvalue weighted by atomic mass is 32.1. The zero-order valence-electron chi connectivity index (χ0n) is 14.5. The standard InChI is InChI=1S/C20H28N2S/c1-15(2)17-6-8-18(9-7-17)20(19-10-5-16(3)23-19)22-13-4-11-21-12-14-22/h5-10,15,20-21H,4,11-14H2,1-3H3. The summed E-state index contributed by atoms with van der Waals surface area (Å²) in [7, 11) is 0. The fourth-order valence-electron chi connectivity index (χ4n) is 3.34. The lowest BCUT2D eigenvalue weighted by Crippen LogP contribution is -2.32. The molecule has 124 valence electrons. The SMILES string of the molecule is Cc1ccc(C(c2ccc(C(C)C)cc2)N2CCCNCC2)s1. The van der Waals surface area contributed by atoms with Gasteiger partial charge in [0.15, 0.2) is 0 Å². The number of aryl methyl sites for hydroxylation is 1. The third kappa shape index (κ3) is 4.03. The minimum atomic E-state index is 0.398. The molecule has 1 N–H and O–H groups in total. The maximum absolute atomic E-state index is 3.53. The molecular weight excluding hydrogens is 300 g/mol. The van der Waals surface area contributed by atoms with Gasteiger partial charge in [0.1, 0.15) is 0 Å². The van der Waals surface area contributed by atoms with Crippen molar-refractivity contribution in [1.82, 2.24) is 10.2 Å². The third-order valence-corrected chi connectivity index (χ3v) is 5.74. The second-order valence-corrected chi connectivity index (χ2v) is 8.13. The van der Waals surface area contributed by atoms with Gasteiger partial charge in [0, 0.05) is 29.4 Å². The van der Waals surface area contributed by atoms with Gasteiger partial charge < -0.3 is 5.32 Å². The lowest BCUT2D eigenvalue weighted by atomic mass is 9.97. The fourth-order valence-corrected chi connectivity index (χ4v) is 4.38. The van der Waals surface area contributed by atoms with Crippen LogP contribution in [0.15, 0.2) is 36.4 Å². The van der Waals surface area contributed by atoms with E-state index in [0.29, 0.717) is 12.0 Å². The Labute approximate surface area is 144 Å². The van der Waals surface area contributed by atoms with Crippen LogP contribution in [-0.2, 0) is 0 Å². The summed E-state index contributed by atoms with van der Waals surface area (Å²) in [5, 5.41) is 3.53. The van der Waals surface area contributed by atoms with Gasteiger partial charge in [0.25, 0.3) is 0 Å². The number of nitrogens with zero attached hydrogens (tertiary/aromatic N) is 1. The summed E-state index contributed by atoms with van der Waals surface area (Å²) in [6, 6.07) is 14.3. The van der Waals surface area contributed by atoms with Gasteiger partial charge in [-0.15, -0.1) is 11.3 Å². The Kier molecular flexibility index (Phi) is 5.52. The number of nitrogens with one attached hydrogen (secondary N) is 1. The minimum Gasteiger partial charge on any atom is -0.315 e. The molecule has 1 aliphatic rings. The Bertz CT molecular complexity index is 607. The predicted molar refractivity (Wildman–Crippen MR) is 100 cm³/mol. The van der Waals surface area contributed by atoms with Crippen LogP contribution in [0.4, 0.5) is 0 Å². The van der Waals surface area contributed by atoms with Gasteiger partial charge in [0.2, 0.25) is 0 Å². The number of thiophene rings is 1. The van der Waals surface area contributed by atoms with Gasteiger partial charge in [-0.05, 0) is 49.1 Å². The number of benzene rings is 1. The third-order valence-electron chi connectivity index (χ3n) is 4.69. The smallest absolute Gasteiger partial charge is 0.0696 e. The van der Waals surface area contributed by atoms with Crippen molar-refractivity contribution < 1.29 is 0 Å². The van der Waals surface area contributed by atoms with Crippen LogP contribution < -0.4 is 5.32 Å². The fraction of sp³-hybridized carbons (Fsp3) is 0.500. The zero-order chi connectivity index (χ0) is 16.2. The molecule has 0 bridgehead atoms. The van der Waals surface area contributed by atoms with E-state index in [-0.39, 0.29) is 0 Å². The van der Waals surface area contributed by atoms with Crippen molar-refractivity contribution in [3.8, 4) is 0 Å². The highest BCUT2D eigenvalue weighted by molar-refractivity contribution is 7.12. The summed E-state index contributed by atoms with van der Waals surface area (Å²) >= 11 is 1.94. The van der Waals surface area contributed by atoms with Crippen LogP contribution in [0.3, 0.4) is 0 Å². The van der Waals surface area contributed by atoms with Gasteiger partial charge in [0.05, 0.1) is 6.04 Å². The molecule has 23 heavy (non-hydrogen) atoms. The molecule has 0 saturated carbocycles. The average molecular weight is 329 g/mol. The first kappa shape index (κ1) is 16.7. The lowest BCUT2D eigenvalue weighted by Gasteiger charge is -2.30. The van der Waals surface area contributed by atoms with Crippen molar-refractivity contribution >= 4 is 11.3 Å².